The Bertz CT molecular complexity index is 727. The van der Waals surface area contributed by atoms with Crippen LogP contribution in [-0.4, -0.2) is 50.2 Å². The number of carbonyl (C=O) groups excluding carboxylic acids is 2. The van der Waals surface area contributed by atoms with Crippen LogP contribution in [0.25, 0.3) is 0 Å². The molecule has 0 aliphatic heterocycles. The predicted octanol–water partition coefficient (Wildman–Crippen LogP) is 3.17. The van der Waals surface area contributed by atoms with Crippen molar-refractivity contribution in [3.63, 3.8) is 0 Å². The quantitative estimate of drug-likeness (QED) is 0.590. The number of hydrogen-bond donors (Lipinski definition) is 1. The SMILES string of the molecule is CCOC(=O)c1cc(CC)sc1NC(=O)CN(CCOC)Cc1ccco1. The summed E-state index contributed by atoms with van der Waals surface area (Å²) in [6.45, 7) is 5.79. The van der Waals surface area contributed by atoms with Crippen LogP contribution < -0.4 is 5.32 Å². The molecular formula is C19H26N2O5S. The van der Waals surface area contributed by atoms with Crippen LogP contribution in [0, 0.1) is 0 Å². The Kier molecular flexibility index (Phi) is 8.50. The zero-order chi connectivity index (χ0) is 19.6. The van der Waals surface area contributed by atoms with Gasteiger partial charge in [-0.1, -0.05) is 6.92 Å². The number of nitrogens with one attached hydrogen (secondary N) is 1. The third-order valence-corrected chi connectivity index (χ3v) is 5.01. The lowest BCUT2D eigenvalue weighted by molar-refractivity contribution is -0.117. The van der Waals surface area contributed by atoms with Crippen molar-refractivity contribution >= 4 is 28.2 Å². The first-order valence-electron chi connectivity index (χ1n) is 8.90. The van der Waals surface area contributed by atoms with E-state index in [1.54, 1.807) is 26.4 Å². The first-order valence-corrected chi connectivity index (χ1v) is 9.72. The van der Waals surface area contributed by atoms with E-state index < -0.39 is 5.97 Å². The summed E-state index contributed by atoms with van der Waals surface area (Å²) < 4.78 is 15.6. The van der Waals surface area contributed by atoms with Crippen molar-refractivity contribution < 1.29 is 23.5 Å². The van der Waals surface area contributed by atoms with Gasteiger partial charge in [-0.05, 0) is 31.5 Å². The Morgan fingerprint density at radius 1 is 1.33 bits per heavy atom. The molecule has 0 bridgehead atoms. The molecular weight excluding hydrogens is 368 g/mol. The van der Waals surface area contributed by atoms with Crippen LogP contribution in [0.15, 0.2) is 28.9 Å². The van der Waals surface area contributed by atoms with Crippen molar-refractivity contribution in [1.82, 2.24) is 4.90 Å². The van der Waals surface area contributed by atoms with Gasteiger partial charge in [0, 0.05) is 18.5 Å². The first kappa shape index (κ1) is 21.1. The normalized spacial score (nSPS) is 11.0. The maximum absolute atomic E-state index is 12.6. The van der Waals surface area contributed by atoms with Crippen LogP contribution in [0.3, 0.4) is 0 Å². The monoisotopic (exact) mass is 394 g/mol. The molecule has 0 atom stereocenters. The fourth-order valence-corrected chi connectivity index (χ4v) is 3.50. The summed E-state index contributed by atoms with van der Waals surface area (Å²) in [5, 5.41) is 3.38. The number of amides is 1. The number of furan rings is 1. The summed E-state index contributed by atoms with van der Waals surface area (Å²) in [6, 6.07) is 5.46. The number of aryl methyl sites for hydroxylation is 1. The molecule has 8 heteroatoms. The number of thiophene rings is 1. The van der Waals surface area contributed by atoms with Crippen LogP contribution in [0.2, 0.25) is 0 Å². The number of esters is 1. The van der Waals surface area contributed by atoms with E-state index >= 15 is 0 Å². The Morgan fingerprint density at radius 3 is 2.78 bits per heavy atom. The van der Waals surface area contributed by atoms with Gasteiger partial charge in [-0.3, -0.25) is 9.69 Å². The summed E-state index contributed by atoms with van der Waals surface area (Å²) >= 11 is 1.40. The number of anilines is 1. The van der Waals surface area contributed by atoms with Crippen LogP contribution >= 0.6 is 11.3 Å². The second-order valence-corrected chi connectivity index (χ2v) is 7.00. The molecule has 27 heavy (non-hydrogen) atoms. The van der Waals surface area contributed by atoms with Gasteiger partial charge in [0.25, 0.3) is 0 Å². The lowest BCUT2D eigenvalue weighted by atomic mass is 10.2. The fraction of sp³-hybridized carbons (Fsp3) is 0.474. The third-order valence-electron chi connectivity index (χ3n) is 3.82. The average Bonchev–Trinajstić information content (AvgIpc) is 3.29. The van der Waals surface area contributed by atoms with Crippen molar-refractivity contribution in [3.8, 4) is 0 Å². The minimum absolute atomic E-state index is 0.158. The molecule has 0 aliphatic rings. The molecule has 7 nitrogen and oxygen atoms in total. The zero-order valence-electron chi connectivity index (χ0n) is 15.9. The van der Waals surface area contributed by atoms with Gasteiger partial charge >= 0.3 is 5.97 Å². The molecule has 0 radical (unpaired) electrons. The largest absolute Gasteiger partial charge is 0.468 e. The summed E-state index contributed by atoms with van der Waals surface area (Å²) in [4.78, 5) is 27.7. The van der Waals surface area contributed by atoms with E-state index in [4.69, 9.17) is 13.9 Å². The Morgan fingerprint density at radius 2 is 2.15 bits per heavy atom. The highest BCUT2D eigenvalue weighted by atomic mass is 32.1. The maximum atomic E-state index is 12.6. The van der Waals surface area contributed by atoms with Gasteiger partial charge in [-0.2, -0.15) is 0 Å². The smallest absolute Gasteiger partial charge is 0.341 e. The predicted molar refractivity (Wildman–Crippen MR) is 104 cm³/mol. The van der Waals surface area contributed by atoms with E-state index in [0.29, 0.717) is 30.3 Å². The molecule has 1 amide bonds. The molecule has 0 aliphatic carbocycles. The lowest BCUT2D eigenvalue weighted by Gasteiger charge is -2.20. The van der Waals surface area contributed by atoms with E-state index in [-0.39, 0.29) is 19.1 Å². The lowest BCUT2D eigenvalue weighted by Crippen LogP contribution is -2.35. The van der Waals surface area contributed by atoms with Crippen molar-refractivity contribution in [2.75, 3.05) is 38.7 Å². The second-order valence-electron chi connectivity index (χ2n) is 5.86. The van der Waals surface area contributed by atoms with Crippen molar-refractivity contribution in [2.45, 2.75) is 26.8 Å². The number of methoxy groups -OCH3 is 1. The molecule has 0 saturated heterocycles. The van der Waals surface area contributed by atoms with Crippen LogP contribution in [0.5, 0.6) is 0 Å². The molecule has 0 saturated carbocycles. The highest BCUT2D eigenvalue weighted by Crippen LogP contribution is 2.29. The molecule has 0 spiro atoms. The maximum Gasteiger partial charge on any atom is 0.341 e. The van der Waals surface area contributed by atoms with E-state index in [9.17, 15) is 9.59 Å². The minimum Gasteiger partial charge on any atom is -0.468 e. The van der Waals surface area contributed by atoms with Crippen LogP contribution in [0.1, 0.15) is 34.8 Å². The molecule has 2 rings (SSSR count). The number of rotatable bonds is 11. The van der Waals surface area contributed by atoms with E-state index in [2.05, 4.69) is 5.32 Å². The number of carbonyl (C=O) groups is 2. The minimum atomic E-state index is -0.421. The Balaban J connectivity index is 2.05. The molecule has 0 fully saturated rings. The standard InChI is InChI=1S/C19H26N2O5S/c1-4-15-11-16(19(23)25-5-2)18(27-15)20-17(22)13-21(8-10-24-3)12-14-7-6-9-26-14/h6-7,9,11H,4-5,8,10,12-13H2,1-3H3,(H,20,22). The fourth-order valence-electron chi connectivity index (χ4n) is 2.50. The van der Waals surface area contributed by atoms with Gasteiger partial charge in [-0.15, -0.1) is 11.3 Å². The number of ether oxygens (including phenoxy) is 2. The van der Waals surface area contributed by atoms with Gasteiger partial charge in [0.1, 0.15) is 10.8 Å². The number of hydrogen-bond acceptors (Lipinski definition) is 7. The Hall–Kier alpha value is -2.16. The molecule has 2 heterocycles. The Labute approximate surface area is 163 Å². The summed E-state index contributed by atoms with van der Waals surface area (Å²) in [5.41, 5.74) is 0.404. The van der Waals surface area contributed by atoms with Gasteiger partial charge in [-0.25, -0.2) is 4.79 Å². The van der Waals surface area contributed by atoms with Crippen LogP contribution in [-0.2, 0) is 27.2 Å². The molecule has 0 unspecified atom stereocenters. The van der Waals surface area contributed by atoms with E-state index in [1.807, 2.05) is 24.0 Å². The van der Waals surface area contributed by atoms with Gasteiger partial charge in [0.05, 0.1) is 38.1 Å². The van der Waals surface area contributed by atoms with Crippen molar-refractivity contribution in [3.05, 3.63) is 40.7 Å². The molecule has 2 aromatic rings. The third kappa shape index (κ3) is 6.50. The summed E-state index contributed by atoms with van der Waals surface area (Å²) in [7, 11) is 1.62. The molecule has 148 valence electrons. The molecule has 2 aromatic heterocycles. The van der Waals surface area contributed by atoms with E-state index in [1.165, 1.54) is 11.3 Å². The second kappa shape index (κ2) is 10.9. The summed E-state index contributed by atoms with van der Waals surface area (Å²) in [5.74, 6) is 0.152. The highest BCUT2D eigenvalue weighted by molar-refractivity contribution is 7.16. The van der Waals surface area contributed by atoms with Crippen molar-refractivity contribution in [1.29, 1.82) is 0 Å². The number of nitrogens with zero attached hydrogens (tertiary/aromatic N) is 1. The molecule has 1 N–H and O–H groups in total. The zero-order valence-corrected chi connectivity index (χ0v) is 16.8. The van der Waals surface area contributed by atoms with Gasteiger partial charge < -0.3 is 19.2 Å². The highest BCUT2D eigenvalue weighted by Gasteiger charge is 2.20. The topological polar surface area (TPSA) is 81.0 Å². The molecule has 0 aromatic carbocycles. The van der Waals surface area contributed by atoms with E-state index in [0.717, 1.165) is 17.1 Å². The van der Waals surface area contributed by atoms with Crippen LogP contribution in [0.4, 0.5) is 5.00 Å². The van der Waals surface area contributed by atoms with Gasteiger partial charge in [0.15, 0.2) is 0 Å². The van der Waals surface area contributed by atoms with Gasteiger partial charge in [0.2, 0.25) is 5.91 Å². The van der Waals surface area contributed by atoms with Crippen molar-refractivity contribution in [2.24, 2.45) is 0 Å². The summed E-state index contributed by atoms with van der Waals surface area (Å²) in [6.07, 6.45) is 2.39. The first-order chi connectivity index (χ1) is 13.1. The average molecular weight is 394 g/mol.